The fraction of sp³-hybridized carbons (Fsp3) is 0.344. The number of hydrogen-bond acceptors (Lipinski definition) is 10. The second-order valence-electron chi connectivity index (χ2n) is 10.4. The highest BCUT2D eigenvalue weighted by molar-refractivity contribution is 5.94. The summed E-state index contributed by atoms with van der Waals surface area (Å²) in [6.07, 6.45) is 0. The number of pyridine rings is 1. The number of aryl methyl sites for hydroxylation is 1. The van der Waals surface area contributed by atoms with Crippen LogP contribution >= 0.6 is 0 Å². The maximum absolute atomic E-state index is 13.1. The standard InChI is InChI=1S/C32H36N6O6/c1-22-27-11-12-28(40)38(29(27)35-32(34-22)37-15-13-36(14-16-37)17-19-44-20-18-39)26-9-7-24(8-10-26)30(41)33-21-23-3-5-25(6-4-23)31(42)43-2/h3-12,39H,13-21H2,1-2H3,(H,33,41). The van der Waals surface area contributed by atoms with Gasteiger partial charge in [0.15, 0.2) is 5.65 Å². The molecule has 2 aromatic carbocycles. The highest BCUT2D eigenvalue weighted by atomic mass is 16.5. The minimum atomic E-state index is -0.417. The maximum atomic E-state index is 13.1. The van der Waals surface area contributed by atoms with Gasteiger partial charge in [-0.2, -0.15) is 4.98 Å². The number of piperazine rings is 1. The SMILES string of the molecule is COC(=O)c1ccc(CNC(=O)c2ccc(-n3c(=O)ccc4c(C)nc(N5CCN(CCOCCO)CC5)nc43)cc2)cc1. The number of carbonyl (C=O) groups excluding carboxylic acids is 2. The highest BCUT2D eigenvalue weighted by Crippen LogP contribution is 2.22. The van der Waals surface area contributed by atoms with Crippen LogP contribution in [0.5, 0.6) is 0 Å². The molecule has 4 aromatic rings. The number of benzene rings is 2. The number of esters is 1. The lowest BCUT2D eigenvalue weighted by Gasteiger charge is -2.34. The second-order valence-corrected chi connectivity index (χ2v) is 10.4. The van der Waals surface area contributed by atoms with Gasteiger partial charge in [0.1, 0.15) is 0 Å². The van der Waals surface area contributed by atoms with Crippen LogP contribution in [-0.4, -0.2) is 96.1 Å². The Balaban J connectivity index is 1.30. The molecule has 0 aliphatic carbocycles. The van der Waals surface area contributed by atoms with Gasteiger partial charge in [0, 0.05) is 56.3 Å². The van der Waals surface area contributed by atoms with E-state index in [-0.39, 0.29) is 24.6 Å². The molecule has 0 atom stereocenters. The van der Waals surface area contributed by atoms with Gasteiger partial charge in [-0.25, -0.2) is 9.78 Å². The van der Waals surface area contributed by atoms with Crippen molar-refractivity contribution in [3.63, 3.8) is 0 Å². The zero-order valence-corrected chi connectivity index (χ0v) is 24.9. The molecule has 0 saturated carbocycles. The second kappa shape index (κ2) is 14.2. The number of carbonyl (C=O) groups is 2. The van der Waals surface area contributed by atoms with Gasteiger partial charge in [-0.1, -0.05) is 12.1 Å². The van der Waals surface area contributed by atoms with Crippen LogP contribution < -0.4 is 15.8 Å². The topological polar surface area (TPSA) is 139 Å². The summed E-state index contributed by atoms with van der Waals surface area (Å²) in [5, 5.41) is 12.5. The summed E-state index contributed by atoms with van der Waals surface area (Å²) in [6, 6.07) is 16.9. The lowest BCUT2D eigenvalue weighted by Crippen LogP contribution is -2.48. The van der Waals surface area contributed by atoms with Crippen molar-refractivity contribution < 1.29 is 24.2 Å². The van der Waals surface area contributed by atoms with Gasteiger partial charge in [-0.15, -0.1) is 0 Å². The molecule has 0 bridgehead atoms. The predicted octanol–water partition coefficient (Wildman–Crippen LogP) is 1.94. The van der Waals surface area contributed by atoms with E-state index in [2.05, 4.69) is 15.1 Å². The summed E-state index contributed by atoms with van der Waals surface area (Å²) in [6.45, 7) is 7.06. The first-order valence-electron chi connectivity index (χ1n) is 14.5. The Morgan fingerprint density at radius 2 is 1.61 bits per heavy atom. The number of nitrogens with zero attached hydrogens (tertiary/aromatic N) is 5. The van der Waals surface area contributed by atoms with Crippen LogP contribution in [0.3, 0.4) is 0 Å². The molecule has 1 aliphatic rings. The number of ether oxygens (including phenoxy) is 2. The number of amides is 1. The number of anilines is 1. The summed E-state index contributed by atoms with van der Waals surface area (Å²) < 4.78 is 11.7. The van der Waals surface area contributed by atoms with Crippen molar-refractivity contribution in [2.45, 2.75) is 13.5 Å². The van der Waals surface area contributed by atoms with Gasteiger partial charge in [-0.05, 0) is 55.0 Å². The molecule has 1 amide bonds. The third kappa shape index (κ3) is 7.10. The average molecular weight is 601 g/mol. The molecule has 5 rings (SSSR count). The number of aliphatic hydroxyl groups is 1. The molecule has 230 valence electrons. The summed E-state index contributed by atoms with van der Waals surface area (Å²) in [7, 11) is 1.33. The Hall–Kier alpha value is -4.65. The number of fused-ring (bicyclic) bond motifs is 1. The number of hydrogen-bond donors (Lipinski definition) is 2. The molecular weight excluding hydrogens is 564 g/mol. The van der Waals surface area contributed by atoms with Crippen molar-refractivity contribution in [1.82, 2.24) is 24.8 Å². The first-order valence-corrected chi connectivity index (χ1v) is 14.5. The minimum absolute atomic E-state index is 0.0220. The van der Waals surface area contributed by atoms with E-state index < -0.39 is 5.97 Å². The van der Waals surface area contributed by atoms with Gasteiger partial charge in [0.25, 0.3) is 11.5 Å². The monoisotopic (exact) mass is 600 g/mol. The van der Waals surface area contributed by atoms with E-state index in [0.29, 0.717) is 41.6 Å². The van der Waals surface area contributed by atoms with Gasteiger partial charge in [0.2, 0.25) is 5.95 Å². The Bertz CT molecular complexity index is 1660. The summed E-state index contributed by atoms with van der Waals surface area (Å²) in [4.78, 5) is 51.6. The van der Waals surface area contributed by atoms with E-state index in [1.54, 1.807) is 59.2 Å². The summed E-state index contributed by atoms with van der Waals surface area (Å²) in [5.41, 5.74) is 3.35. The van der Waals surface area contributed by atoms with E-state index in [0.717, 1.165) is 49.4 Å². The van der Waals surface area contributed by atoms with E-state index in [1.165, 1.54) is 13.2 Å². The first-order chi connectivity index (χ1) is 21.4. The maximum Gasteiger partial charge on any atom is 0.337 e. The van der Waals surface area contributed by atoms with Gasteiger partial charge >= 0.3 is 5.97 Å². The number of nitrogens with one attached hydrogen (secondary N) is 1. The Labute approximate surface area is 254 Å². The van der Waals surface area contributed by atoms with Crippen molar-refractivity contribution >= 4 is 28.9 Å². The van der Waals surface area contributed by atoms with Crippen LogP contribution in [0.2, 0.25) is 0 Å². The lowest BCUT2D eigenvalue weighted by atomic mass is 10.1. The Kier molecular flexibility index (Phi) is 9.95. The number of rotatable bonds is 11. The van der Waals surface area contributed by atoms with Crippen LogP contribution in [0.4, 0.5) is 5.95 Å². The van der Waals surface area contributed by atoms with Gasteiger partial charge < -0.3 is 24.8 Å². The van der Waals surface area contributed by atoms with Crippen molar-refractivity contribution in [3.05, 3.63) is 93.4 Å². The minimum Gasteiger partial charge on any atom is -0.465 e. The molecular formula is C32H36N6O6. The summed E-state index contributed by atoms with van der Waals surface area (Å²) in [5.74, 6) is -0.112. The quantitative estimate of drug-likeness (QED) is 0.194. The Morgan fingerprint density at radius 1 is 0.909 bits per heavy atom. The van der Waals surface area contributed by atoms with E-state index in [1.807, 2.05) is 6.92 Å². The van der Waals surface area contributed by atoms with Crippen molar-refractivity contribution in [1.29, 1.82) is 0 Å². The number of aliphatic hydroxyl groups excluding tert-OH is 1. The van der Waals surface area contributed by atoms with Crippen molar-refractivity contribution in [2.75, 3.05) is 64.6 Å². The molecule has 2 aromatic heterocycles. The molecule has 1 aliphatic heterocycles. The molecule has 1 fully saturated rings. The number of methoxy groups -OCH3 is 1. The van der Waals surface area contributed by atoms with Crippen LogP contribution in [-0.2, 0) is 16.0 Å². The zero-order chi connectivity index (χ0) is 31.1. The van der Waals surface area contributed by atoms with Crippen LogP contribution in [0.25, 0.3) is 16.7 Å². The molecule has 0 spiro atoms. The van der Waals surface area contributed by atoms with E-state index in [9.17, 15) is 14.4 Å². The highest BCUT2D eigenvalue weighted by Gasteiger charge is 2.21. The van der Waals surface area contributed by atoms with Crippen molar-refractivity contribution in [2.24, 2.45) is 0 Å². The smallest absolute Gasteiger partial charge is 0.337 e. The van der Waals surface area contributed by atoms with Gasteiger partial charge in [-0.3, -0.25) is 19.1 Å². The van der Waals surface area contributed by atoms with Crippen LogP contribution in [0.15, 0.2) is 65.5 Å². The molecule has 12 nitrogen and oxygen atoms in total. The van der Waals surface area contributed by atoms with Crippen LogP contribution in [0.1, 0.15) is 32.0 Å². The third-order valence-electron chi connectivity index (χ3n) is 7.59. The fourth-order valence-corrected chi connectivity index (χ4v) is 5.10. The molecule has 3 heterocycles. The lowest BCUT2D eigenvalue weighted by molar-refractivity contribution is 0.0600. The van der Waals surface area contributed by atoms with Crippen LogP contribution in [0, 0.1) is 6.92 Å². The van der Waals surface area contributed by atoms with E-state index in [4.69, 9.17) is 24.5 Å². The van der Waals surface area contributed by atoms with E-state index >= 15 is 0 Å². The fourth-order valence-electron chi connectivity index (χ4n) is 5.10. The normalized spacial score (nSPS) is 13.7. The van der Waals surface area contributed by atoms with Gasteiger partial charge in [0.05, 0.1) is 43.9 Å². The molecule has 0 unspecified atom stereocenters. The molecule has 2 N–H and O–H groups in total. The zero-order valence-electron chi connectivity index (χ0n) is 24.9. The number of aromatic nitrogens is 3. The molecule has 44 heavy (non-hydrogen) atoms. The predicted molar refractivity (Wildman–Crippen MR) is 165 cm³/mol. The first kappa shape index (κ1) is 30.8. The molecule has 12 heteroatoms. The third-order valence-corrected chi connectivity index (χ3v) is 7.59. The molecule has 1 saturated heterocycles. The average Bonchev–Trinajstić information content (AvgIpc) is 3.05. The Morgan fingerprint density at radius 3 is 2.30 bits per heavy atom. The summed E-state index contributed by atoms with van der Waals surface area (Å²) >= 11 is 0. The largest absolute Gasteiger partial charge is 0.465 e. The molecule has 0 radical (unpaired) electrons. The van der Waals surface area contributed by atoms with Crippen molar-refractivity contribution in [3.8, 4) is 5.69 Å².